The molecule has 17 heavy (non-hydrogen) atoms. The van der Waals surface area contributed by atoms with Crippen molar-refractivity contribution >= 4 is 5.91 Å². The Kier molecular flexibility index (Phi) is 3.59. The Bertz CT molecular complexity index is 457. The van der Waals surface area contributed by atoms with Gasteiger partial charge in [-0.1, -0.05) is 24.3 Å². The Balaban J connectivity index is 1.95. The molecule has 1 saturated heterocycles. The maximum atomic E-state index is 11.9. The molecule has 2 N–H and O–H groups in total. The topological polar surface area (TPSA) is 41.1 Å². The van der Waals surface area contributed by atoms with E-state index in [-0.39, 0.29) is 5.91 Å². The van der Waals surface area contributed by atoms with E-state index in [1.165, 1.54) is 16.7 Å². The molecule has 1 aromatic rings. The second-order valence-electron chi connectivity index (χ2n) is 4.44. The van der Waals surface area contributed by atoms with Crippen LogP contribution in [-0.4, -0.2) is 19.0 Å². The van der Waals surface area contributed by atoms with Crippen LogP contribution in [0.1, 0.15) is 18.1 Å². The number of rotatable bonds is 3. The van der Waals surface area contributed by atoms with Crippen molar-refractivity contribution in [3.05, 3.63) is 46.5 Å². The molecule has 0 aromatic heterocycles. The highest BCUT2D eigenvalue weighted by Gasteiger charge is 2.15. The van der Waals surface area contributed by atoms with Gasteiger partial charge in [0.2, 0.25) is 5.91 Å². The third-order valence-electron chi connectivity index (χ3n) is 3.25. The molecule has 0 aliphatic carbocycles. The molecule has 2 rings (SSSR count). The Labute approximate surface area is 102 Å². The first-order chi connectivity index (χ1) is 8.18. The van der Waals surface area contributed by atoms with Crippen molar-refractivity contribution < 1.29 is 4.79 Å². The summed E-state index contributed by atoms with van der Waals surface area (Å²) in [6.07, 6.45) is 0. The lowest BCUT2D eigenvalue weighted by Gasteiger charge is -2.21. The first-order valence-electron chi connectivity index (χ1n) is 5.90. The number of hydrogen-bond acceptors (Lipinski definition) is 2. The third-order valence-corrected chi connectivity index (χ3v) is 3.25. The van der Waals surface area contributed by atoms with E-state index in [2.05, 4.69) is 23.6 Å². The lowest BCUT2D eigenvalue weighted by atomic mass is 10.0. The molecule has 0 spiro atoms. The zero-order chi connectivity index (χ0) is 12.3. The minimum atomic E-state index is 0.0461. The van der Waals surface area contributed by atoms with Crippen LogP contribution in [-0.2, 0) is 11.3 Å². The predicted molar refractivity (Wildman–Crippen MR) is 68.6 cm³/mol. The van der Waals surface area contributed by atoms with Crippen LogP contribution in [0.25, 0.3) is 0 Å². The molecule has 1 aliphatic heterocycles. The van der Waals surface area contributed by atoms with Crippen molar-refractivity contribution in [2.24, 2.45) is 0 Å². The van der Waals surface area contributed by atoms with E-state index in [4.69, 9.17) is 0 Å². The number of hydrogen-bond donors (Lipinski definition) is 2. The molecule has 0 radical (unpaired) electrons. The van der Waals surface area contributed by atoms with Crippen LogP contribution in [0.3, 0.4) is 0 Å². The van der Waals surface area contributed by atoms with Gasteiger partial charge in [-0.2, -0.15) is 0 Å². The molecular weight excluding hydrogens is 212 g/mol. The largest absolute Gasteiger partial charge is 0.348 e. The van der Waals surface area contributed by atoms with Gasteiger partial charge in [0.25, 0.3) is 0 Å². The van der Waals surface area contributed by atoms with E-state index in [1.54, 1.807) is 0 Å². The van der Waals surface area contributed by atoms with E-state index in [9.17, 15) is 4.79 Å². The van der Waals surface area contributed by atoms with Gasteiger partial charge in [0.15, 0.2) is 0 Å². The van der Waals surface area contributed by atoms with E-state index < -0.39 is 0 Å². The first-order valence-corrected chi connectivity index (χ1v) is 5.90. The van der Waals surface area contributed by atoms with Gasteiger partial charge in [0, 0.05) is 25.2 Å². The fourth-order valence-corrected chi connectivity index (χ4v) is 1.79. The maximum Gasteiger partial charge on any atom is 0.247 e. The molecule has 1 heterocycles. The van der Waals surface area contributed by atoms with Crippen molar-refractivity contribution in [2.45, 2.75) is 20.4 Å². The molecule has 90 valence electrons. The molecule has 1 fully saturated rings. The summed E-state index contributed by atoms with van der Waals surface area (Å²) in [7, 11) is 0. The van der Waals surface area contributed by atoms with Gasteiger partial charge in [-0.05, 0) is 30.5 Å². The average Bonchev–Trinajstić information content (AvgIpc) is 2.25. The van der Waals surface area contributed by atoms with Crippen molar-refractivity contribution in [1.29, 1.82) is 0 Å². The fourth-order valence-electron chi connectivity index (χ4n) is 1.79. The second kappa shape index (κ2) is 5.15. The van der Waals surface area contributed by atoms with Crippen LogP contribution >= 0.6 is 0 Å². The van der Waals surface area contributed by atoms with Crippen LogP contribution in [0.5, 0.6) is 0 Å². The highest BCUT2D eigenvalue weighted by atomic mass is 16.1. The quantitative estimate of drug-likeness (QED) is 0.773. The zero-order valence-electron chi connectivity index (χ0n) is 10.3. The summed E-state index contributed by atoms with van der Waals surface area (Å²) in [4.78, 5) is 11.9. The van der Waals surface area contributed by atoms with Crippen molar-refractivity contribution in [1.82, 2.24) is 10.6 Å². The van der Waals surface area contributed by atoms with E-state index in [1.807, 2.05) is 25.1 Å². The SMILES string of the molecule is CC(C(=O)NCc1ccccc1C)=C1CNC1. The van der Waals surface area contributed by atoms with Crippen LogP contribution in [0, 0.1) is 6.92 Å². The Morgan fingerprint density at radius 3 is 2.65 bits per heavy atom. The van der Waals surface area contributed by atoms with Crippen LogP contribution in [0.15, 0.2) is 35.4 Å². The van der Waals surface area contributed by atoms with Gasteiger partial charge in [0.1, 0.15) is 0 Å². The monoisotopic (exact) mass is 230 g/mol. The molecule has 0 unspecified atom stereocenters. The molecular formula is C14H18N2O. The highest BCUT2D eigenvalue weighted by molar-refractivity contribution is 5.93. The number of aryl methyl sites for hydroxylation is 1. The summed E-state index contributed by atoms with van der Waals surface area (Å²) in [6.45, 7) is 6.25. The third kappa shape index (κ3) is 2.74. The molecule has 1 amide bonds. The Hall–Kier alpha value is -1.61. The summed E-state index contributed by atoms with van der Waals surface area (Å²) in [5, 5.41) is 6.11. The van der Waals surface area contributed by atoms with Gasteiger partial charge in [-0.15, -0.1) is 0 Å². The highest BCUT2D eigenvalue weighted by Crippen LogP contribution is 2.10. The lowest BCUT2D eigenvalue weighted by molar-refractivity contribution is -0.117. The van der Waals surface area contributed by atoms with E-state index >= 15 is 0 Å². The Morgan fingerprint density at radius 1 is 1.35 bits per heavy atom. The number of carbonyl (C=O) groups excluding carboxylic acids is 1. The van der Waals surface area contributed by atoms with Crippen molar-refractivity contribution in [3.63, 3.8) is 0 Å². The zero-order valence-corrected chi connectivity index (χ0v) is 10.3. The molecule has 1 aliphatic rings. The molecule has 0 atom stereocenters. The standard InChI is InChI=1S/C14H18N2O/c1-10-5-3-4-6-12(10)9-16-14(17)11(2)13-7-15-8-13/h3-6,15H,7-9H2,1-2H3,(H,16,17). The van der Waals surface area contributed by atoms with Gasteiger partial charge >= 0.3 is 0 Å². The predicted octanol–water partition coefficient (Wildman–Crippen LogP) is 1.53. The van der Waals surface area contributed by atoms with E-state index in [0.29, 0.717) is 6.54 Å². The molecule has 3 heteroatoms. The summed E-state index contributed by atoms with van der Waals surface area (Å²) in [5.41, 5.74) is 4.46. The van der Waals surface area contributed by atoms with Crippen molar-refractivity contribution in [3.8, 4) is 0 Å². The van der Waals surface area contributed by atoms with Gasteiger partial charge in [-0.25, -0.2) is 0 Å². The van der Waals surface area contributed by atoms with Crippen LogP contribution in [0.2, 0.25) is 0 Å². The average molecular weight is 230 g/mol. The summed E-state index contributed by atoms with van der Waals surface area (Å²) in [5.74, 6) is 0.0461. The fraction of sp³-hybridized carbons (Fsp3) is 0.357. The van der Waals surface area contributed by atoms with Gasteiger partial charge < -0.3 is 10.6 Å². The minimum absolute atomic E-state index is 0.0461. The number of carbonyl (C=O) groups is 1. The number of amides is 1. The summed E-state index contributed by atoms with van der Waals surface area (Å²) in [6, 6.07) is 8.11. The minimum Gasteiger partial charge on any atom is -0.348 e. The van der Waals surface area contributed by atoms with Gasteiger partial charge in [-0.3, -0.25) is 4.79 Å². The van der Waals surface area contributed by atoms with Crippen LogP contribution < -0.4 is 10.6 Å². The summed E-state index contributed by atoms with van der Waals surface area (Å²) >= 11 is 0. The summed E-state index contributed by atoms with van der Waals surface area (Å²) < 4.78 is 0. The molecule has 1 aromatic carbocycles. The normalized spacial score (nSPS) is 14.1. The second-order valence-corrected chi connectivity index (χ2v) is 4.44. The maximum absolute atomic E-state index is 11.9. The first kappa shape index (κ1) is 11.9. The molecule has 0 bridgehead atoms. The van der Waals surface area contributed by atoms with Crippen molar-refractivity contribution in [2.75, 3.05) is 13.1 Å². The van der Waals surface area contributed by atoms with Gasteiger partial charge in [0.05, 0.1) is 0 Å². The Morgan fingerprint density at radius 2 is 2.06 bits per heavy atom. The molecule has 0 saturated carbocycles. The van der Waals surface area contributed by atoms with Crippen LogP contribution in [0.4, 0.5) is 0 Å². The number of benzene rings is 1. The number of nitrogens with one attached hydrogen (secondary N) is 2. The lowest BCUT2D eigenvalue weighted by Crippen LogP contribution is -2.37. The smallest absolute Gasteiger partial charge is 0.247 e. The molecule has 3 nitrogen and oxygen atoms in total. The van der Waals surface area contributed by atoms with E-state index in [0.717, 1.165) is 18.7 Å².